The Bertz CT molecular complexity index is 603. The van der Waals surface area contributed by atoms with Gasteiger partial charge in [0.15, 0.2) is 5.12 Å². The molecule has 0 radical (unpaired) electrons. The minimum Gasteiger partial charge on any atom is -0.309 e. The van der Waals surface area contributed by atoms with Crippen molar-refractivity contribution in [1.29, 1.82) is 0 Å². The highest BCUT2D eigenvalue weighted by Gasteiger charge is 2.35. The molecule has 1 saturated heterocycles. The van der Waals surface area contributed by atoms with E-state index < -0.39 is 17.6 Å². The lowest BCUT2D eigenvalue weighted by atomic mass is 10.1. The van der Waals surface area contributed by atoms with Gasteiger partial charge in [-0.25, -0.2) is 4.39 Å². The predicted octanol–water partition coefficient (Wildman–Crippen LogP) is 3.48. The molecule has 1 fully saturated rings. The fraction of sp³-hybridized carbons (Fsp3) is 0.429. The molecule has 8 heteroatoms. The van der Waals surface area contributed by atoms with E-state index in [1.165, 1.54) is 6.92 Å². The van der Waals surface area contributed by atoms with E-state index in [4.69, 9.17) is 0 Å². The Hall–Kier alpha value is -1.57. The molecule has 1 aromatic carbocycles. The van der Waals surface area contributed by atoms with E-state index in [1.807, 2.05) is 0 Å². The Morgan fingerprint density at radius 1 is 1.41 bits per heavy atom. The molecule has 2 rings (SSSR count). The number of hydrogen-bond acceptors (Lipinski definition) is 3. The van der Waals surface area contributed by atoms with Gasteiger partial charge in [-0.15, -0.1) is 0 Å². The van der Waals surface area contributed by atoms with Crippen LogP contribution < -0.4 is 4.90 Å². The highest BCUT2D eigenvalue weighted by molar-refractivity contribution is 8.13. The minimum absolute atomic E-state index is 0.0772. The smallest absolute Gasteiger partial charge is 0.309 e. The summed E-state index contributed by atoms with van der Waals surface area (Å²) in [5, 5.41) is -0.0772. The summed E-state index contributed by atoms with van der Waals surface area (Å²) in [5.74, 6) is -1.13. The topological polar surface area (TPSA) is 37.4 Å². The van der Waals surface area contributed by atoms with Crippen LogP contribution in [-0.4, -0.2) is 23.3 Å². The number of carbonyl (C=O) groups is 2. The molecule has 0 aliphatic carbocycles. The molecular weight excluding hydrogens is 322 g/mol. The van der Waals surface area contributed by atoms with Crippen LogP contribution in [0, 0.1) is 11.7 Å². The molecule has 0 aromatic heterocycles. The molecule has 1 heterocycles. The van der Waals surface area contributed by atoms with E-state index in [0.29, 0.717) is 11.8 Å². The van der Waals surface area contributed by atoms with Crippen molar-refractivity contribution in [3.63, 3.8) is 0 Å². The van der Waals surface area contributed by atoms with Crippen molar-refractivity contribution in [1.82, 2.24) is 0 Å². The SMILES string of the molecule is CC(=O)SCC1CC(=O)N(c2ccc(C(F)(F)F)cc2F)C1. The van der Waals surface area contributed by atoms with Crippen LogP contribution in [0.3, 0.4) is 0 Å². The lowest BCUT2D eigenvalue weighted by molar-refractivity contribution is -0.137. The van der Waals surface area contributed by atoms with E-state index >= 15 is 0 Å². The van der Waals surface area contributed by atoms with Crippen LogP contribution in [0.1, 0.15) is 18.9 Å². The van der Waals surface area contributed by atoms with Crippen molar-refractivity contribution < 1.29 is 27.2 Å². The van der Waals surface area contributed by atoms with Gasteiger partial charge in [0.2, 0.25) is 5.91 Å². The van der Waals surface area contributed by atoms with Gasteiger partial charge in [0, 0.05) is 25.6 Å². The van der Waals surface area contributed by atoms with E-state index in [2.05, 4.69) is 0 Å². The third-order valence-corrected chi connectivity index (χ3v) is 4.34. The lowest BCUT2D eigenvalue weighted by Gasteiger charge is -2.18. The first-order valence-electron chi connectivity index (χ1n) is 6.49. The van der Waals surface area contributed by atoms with Crippen molar-refractivity contribution in [2.24, 2.45) is 5.92 Å². The van der Waals surface area contributed by atoms with Gasteiger partial charge in [-0.3, -0.25) is 9.59 Å². The zero-order valence-corrected chi connectivity index (χ0v) is 12.4. The van der Waals surface area contributed by atoms with Crippen LogP contribution in [0.15, 0.2) is 18.2 Å². The molecule has 1 unspecified atom stereocenters. The van der Waals surface area contributed by atoms with Gasteiger partial charge in [0.25, 0.3) is 0 Å². The third kappa shape index (κ3) is 3.79. The Morgan fingerprint density at radius 2 is 2.09 bits per heavy atom. The number of carbonyl (C=O) groups excluding carboxylic acids is 2. The summed E-state index contributed by atoms with van der Waals surface area (Å²) in [6.07, 6.45) is -4.48. The summed E-state index contributed by atoms with van der Waals surface area (Å²) >= 11 is 1.08. The van der Waals surface area contributed by atoms with Crippen LogP contribution >= 0.6 is 11.8 Å². The molecule has 120 valence electrons. The summed E-state index contributed by atoms with van der Waals surface area (Å²) < 4.78 is 51.4. The molecule has 1 aliphatic rings. The standard InChI is InChI=1S/C14H13F4NO2S/c1-8(20)22-7-9-4-13(21)19(6-9)12-3-2-10(5-11(12)15)14(16,17)18/h2-3,5,9H,4,6-7H2,1H3. The van der Waals surface area contributed by atoms with Gasteiger partial charge in [-0.05, 0) is 24.1 Å². The Labute approximate surface area is 128 Å². The van der Waals surface area contributed by atoms with Crippen LogP contribution in [-0.2, 0) is 15.8 Å². The van der Waals surface area contributed by atoms with E-state index in [1.54, 1.807) is 0 Å². The second-order valence-electron chi connectivity index (χ2n) is 5.04. The predicted molar refractivity (Wildman–Crippen MR) is 75.0 cm³/mol. The monoisotopic (exact) mass is 335 g/mol. The third-order valence-electron chi connectivity index (χ3n) is 3.29. The molecule has 22 heavy (non-hydrogen) atoms. The Kier molecular flexibility index (Phi) is 4.79. The first-order valence-corrected chi connectivity index (χ1v) is 7.47. The lowest BCUT2D eigenvalue weighted by Crippen LogP contribution is -2.26. The van der Waals surface area contributed by atoms with Crippen LogP contribution in [0.25, 0.3) is 0 Å². The van der Waals surface area contributed by atoms with Crippen molar-refractivity contribution in [3.8, 4) is 0 Å². The molecular formula is C14H13F4NO2S. The molecule has 0 spiro atoms. The normalized spacial score (nSPS) is 18.9. The number of nitrogens with zero attached hydrogens (tertiary/aromatic N) is 1. The van der Waals surface area contributed by atoms with Crippen LogP contribution in [0.5, 0.6) is 0 Å². The number of benzene rings is 1. The van der Waals surface area contributed by atoms with Gasteiger partial charge >= 0.3 is 6.18 Å². The number of anilines is 1. The number of halogens is 4. The maximum absolute atomic E-state index is 13.9. The quantitative estimate of drug-likeness (QED) is 0.794. The number of hydrogen-bond donors (Lipinski definition) is 0. The fourth-order valence-corrected chi connectivity index (χ4v) is 2.96. The van der Waals surface area contributed by atoms with Crippen LogP contribution in [0.4, 0.5) is 23.2 Å². The Morgan fingerprint density at radius 3 is 2.64 bits per heavy atom. The zero-order valence-electron chi connectivity index (χ0n) is 11.6. The first kappa shape index (κ1) is 16.8. The maximum Gasteiger partial charge on any atom is 0.416 e. The van der Waals surface area contributed by atoms with Gasteiger partial charge < -0.3 is 4.90 Å². The van der Waals surface area contributed by atoms with E-state index in [-0.39, 0.29) is 35.6 Å². The largest absolute Gasteiger partial charge is 0.416 e. The number of alkyl halides is 3. The average Bonchev–Trinajstić information content (AvgIpc) is 2.76. The summed E-state index contributed by atoms with van der Waals surface area (Å²) in [7, 11) is 0. The summed E-state index contributed by atoms with van der Waals surface area (Å²) in [6.45, 7) is 1.61. The molecule has 0 N–H and O–H groups in total. The van der Waals surface area contributed by atoms with Crippen molar-refractivity contribution in [3.05, 3.63) is 29.6 Å². The minimum atomic E-state index is -4.63. The number of thioether (sulfide) groups is 1. The highest BCUT2D eigenvalue weighted by Crippen LogP contribution is 2.34. The molecule has 1 atom stereocenters. The second-order valence-corrected chi connectivity index (χ2v) is 6.24. The summed E-state index contributed by atoms with van der Waals surface area (Å²) in [5.41, 5.74) is -1.25. The zero-order chi connectivity index (χ0) is 16.5. The average molecular weight is 335 g/mol. The van der Waals surface area contributed by atoms with Crippen molar-refractivity contribution in [2.75, 3.05) is 17.2 Å². The summed E-state index contributed by atoms with van der Waals surface area (Å²) in [6, 6.07) is 2.11. The van der Waals surface area contributed by atoms with Crippen LogP contribution in [0.2, 0.25) is 0 Å². The van der Waals surface area contributed by atoms with Crippen molar-refractivity contribution >= 4 is 28.5 Å². The second kappa shape index (κ2) is 6.28. The van der Waals surface area contributed by atoms with Gasteiger partial charge in [-0.1, -0.05) is 11.8 Å². The molecule has 3 nitrogen and oxygen atoms in total. The Balaban J connectivity index is 2.15. The number of amides is 1. The number of rotatable bonds is 3. The molecule has 0 bridgehead atoms. The summed E-state index contributed by atoms with van der Waals surface area (Å²) in [4.78, 5) is 24.0. The molecule has 1 aliphatic heterocycles. The maximum atomic E-state index is 13.9. The van der Waals surface area contributed by atoms with Crippen molar-refractivity contribution in [2.45, 2.75) is 19.5 Å². The van der Waals surface area contributed by atoms with Gasteiger partial charge in [0.05, 0.1) is 11.3 Å². The molecule has 1 aromatic rings. The van der Waals surface area contributed by atoms with Gasteiger partial charge in [-0.2, -0.15) is 13.2 Å². The van der Waals surface area contributed by atoms with E-state index in [0.717, 1.165) is 28.8 Å². The van der Waals surface area contributed by atoms with Gasteiger partial charge in [0.1, 0.15) is 5.82 Å². The first-order chi connectivity index (χ1) is 10.2. The molecule has 0 saturated carbocycles. The van der Waals surface area contributed by atoms with E-state index in [9.17, 15) is 27.2 Å². The highest BCUT2D eigenvalue weighted by atomic mass is 32.2. The fourth-order valence-electron chi connectivity index (χ4n) is 2.26. The molecule has 1 amide bonds.